The molecule has 0 aliphatic carbocycles. The summed E-state index contributed by atoms with van der Waals surface area (Å²) in [7, 11) is 0. The fourth-order valence-electron chi connectivity index (χ4n) is 2.10. The maximum absolute atomic E-state index is 5.93. The number of aryl methyl sites for hydroxylation is 2. The third kappa shape index (κ3) is 1.54. The molecule has 0 aromatic carbocycles. The highest BCUT2D eigenvalue weighted by molar-refractivity contribution is 5.00. The summed E-state index contributed by atoms with van der Waals surface area (Å²) in [6, 6.07) is 0.273. The molecule has 0 amide bonds. The minimum absolute atomic E-state index is 0.273. The van der Waals surface area contributed by atoms with Crippen LogP contribution in [0.15, 0.2) is 0 Å². The summed E-state index contributed by atoms with van der Waals surface area (Å²) in [5.74, 6) is 2.83. The largest absolute Gasteiger partial charge is 0.328 e. The Balaban J connectivity index is 2.23. The van der Waals surface area contributed by atoms with Gasteiger partial charge in [-0.05, 0) is 19.3 Å². The van der Waals surface area contributed by atoms with Gasteiger partial charge in [0.15, 0.2) is 0 Å². The van der Waals surface area contributed by atoms with Crippen molar-refractivity contribution in [2.75, 3.05) is 0 Å². The molecule has 0 fully saturated rings. The third-order valence-corrected chi connectivity index (χ3v) is 3.12. The summed E-state index contributed by atoms with van der Waals surface area (Å²) >= 11 is 0. The van der Waals surface area contributed by atoms with Crippen molar-refractivity contribution in [3.8, 4) is 0 Å². The first-order valence-corrected chi connectivity index (χ1v) is 5.39. The number of nitrogens with two attached hydrogens (primary N) is 1. The van der Waals surface area contributed by atoms with E-state index in [0.717, 1.165) is 37.5 Å². The molecule has 0 saturated heterocycles. The lowest BCUT2D eigenvalue weighted by atomic mass is 9.93. The molecule has 1 aromatic heterocycles. The molecule has 2 unspecified atom stereocenters. The SMILES string of the molecule is CCc1nnc2n1CC(C(C)N)CC2. The minimum Gasteiger partial charge on any atom is -0.328 e. The zero-order valence-electron chi connectivity index (χ0n) is 8.90. The summed E-state index contributed by atoms with van der Waals surface area (Å²) in [6.07, 6.45) is 3.14. The quantitative estimate of drug-likeness (QED) is 0.756. The first-order valence-electron chi connectivity index (χ1n) is 5.39. The van der Waals surface area contributed by atoms with Crippen molar-refractivity contribution >= 4 is 0 Å². The van der Waals surface area contributed by atoms with Gasteiger partial charge >= 0.3 is 0 Å². The molecule has 2 rings (SSSR count). The first-order chi connectivity index (χ1) is 6.72. The van der Waals surface area contributed by atoms with Gasteiger partial charge in [-0.2, -0.15) is 0 Å². The van der Waals surface area contributed by atoms with Gasteiger partial charge < -0.3 is 10.3 Å². The van der Waals surface area contributed by atoms with Gasteiger partial charge in [0.25, 0.3) is 0 Å². The smallest absolute Gasteiger partial charge is 0.133 e. The predicted molar refractivity (Wildman–Crippen MR) is 54.9 cm³/mol. The molecule has 2 heterocycles. The zero-order valence-corrected chi connectivity index (χ0v) is 8.90. The molecule has 1 aromatic rings. The van der Waals surface area contributed by atoms with E-state index < -0.39 is 0 Å². The lowest BCUT2D eigenvalue weighted by Crippen LogP contribution is -2.34. The molecule has 1 aliphatic heterocycles. The van der Waals surface area contributed by atoms with Crippen LogP contribution in [0.5, 0.6) is 0 Å². The molecule has 0 bridgehead atoms. The molecule has 14 heavy (non-hydrogen) atoms. The fourth-order valence-corrected chi connectivity index (χ4v) is 2.10. The second-order valence-electron chi connectivity index (χ2n) is 4.15. The summed E-state index contributed by atoms with van der Waals surface area (Å²) in [5.41, 5.74) is 5.93. The second kappa shape index (κ2) is 3.69. The molecule has 0 radical (unpaired) electrons. The summed E-state index contributed by atoms with van der Waals surface area (Å²) in [6.45, 7) is 5.21. The number of rotatable bonds is 2. The Morgan fingerprint density at radius 2 is 2.36 bits per heavy atom. The fraction of sp³-hybridized carbons (Fsp3) is 0.800. The monoisotopic (exact) mass is 194 g/mol. The zero-order chi connectivity index (χ0) is 10.1. The highest BCUT2D eigenvalue weighted by atomic mass is 15.3. The van der Waals surface area contributed by atoms with Crippen molar-refractivity contribution in [1.82, 2.24) is 14.8 Å². The number of hydrogen-bond acceptors (Lipinski definition) is 3. The van der Waals surface area contributed by atoms with E-state index in [1.54, 1.807) is 0 Å². The van der Waals surface area contributed by atoms with E-state index in [1.165, 1.54) is 0 Å². The average Bonchev–Trinajstić information content (AvgIpc) is 2.59. The van der Waals surface area contributed by atoms with Crippen LogP contribution in [-0.4, -0.2) is 20.8 Å². The van der Waals surface area contributed by atoms with Crippen molar-refractivity contribution in [1.29, 1.82) is 0 Å². The van der Waals surface area contributed by atoms with E-state index in [0.29, 0.717) is 5.92 Å². The maximum atomic E-state index is 5.93. The molecule has 2 atom stereocenters. The van der Waals surface area contributed by atoms with Crippen LogP contribution in [0.4, 0.5) is 0 Å². The van der Waals surface area contributed by atoms with Crippen LogP contribution in [0.25, 0.3) is 0 Å². The van der Waals surface area contributed by atoms with E-state index in [9.17, 15) is 0 Å². The number of hydrogen-bond donors (Lipinski definition) is 1. The van der Waals surface area contributed by atoms with Crippen molar-refractivity contribution in [2.24, 2.45) is 11.7 Å². The summed E-state index contributed by atoms with van der Waals surface area (Å²) in [5, 5.41) is 8.38. The Kier molecular flexibility index (Phi) is 2.54. The Morgan fingerprint density at radius 3 is 3.00 bits per heavy atom. The molecule has 0 saturated carbocycles. The Labute approximate surface area is 84.5 Å². The van der Waals surface area contributed by atoms with Gasteiger partial charge in [0.05, 0.1) is 0 Å². The van der Waals surface area contributed by atoms with E-state index in [1.807, 2.05) is 0 Å². The van der Waals surface area contributed by atoms with Crippen LogP contribution in [-0.2, 0) is 19.4 Å². The van der Waals surface area contributed by atoms with Gasteiger partial charge in [-0.1, -0.05) is 6.92 Å². The molecule has 78 valence electrons. The maximum Gasteiger partial charge on any atom is 0.133 e. The number of nitrogens with zero attached hydrogens (tertiary/aromatic N) is 3. The predicted octanol–water partition coefficient (Wildman–Crippen LogP) is 0.750. The number of fused-ring (bicyclic) bond motifs is 1. The third-order valence-electron chi connectivity index (χ3n) is 3.12. The molecule has 2 N–H and O–H groups in total. The van der Waals surface area contributed by atoms with Crippen LogP contribution >= 0.6 is 0 Å². The summed E-state index contributed by atoms with van der Waals surface area (Å²) in [4.78, 5) is 0. The van der Waals surface area contributed by atoms with Gasteiger partial charge in [-0.25, -0.2) is 0 Å². The van der Waals surface area contributed by atoms with Gasteiger partial charge in [-0.15, -0.1) is 10.2 Å². The molecular formula is C10H18N4. The highest BCUT2D eigenvalue weighted by Crippen LogP contribution is 2.21. The van der Waals surface area contributed by atoms with E-state index in [2.05, 4.69) is 28.6 Å². The van der Waals surface area contributed by atoms with Crippen molar-refractivity contribution in [2.45, 2.75) is 45.7 Å². The molecule has 4 nitrogen and oxygen atoms in total. The van der Waals surface area contributed by atoms with Crippen molar-refractivity contribution < 1.29 is 0 Å². The van der Waals surface area contributed by atoms with Crippen molar-refractivity contribution in [3.63, 3.8) is 0 Å². The van der Waals surface area contributed by atoms with Crippen molar-refractivity contribution in [3.05, 3.63) is 11.6 Å². The van der Waals surface area contributed by atoms with Crippen LogP contribution in [0.2, 0.25) is 0 Å². The van der Waals surface area contributed by atoms with Crippen LogP contribution in [0, 0.1) is 5.92 Å². The lowest BCUT2D eigenvalue weighted by Gasteiger charge is -2.26. The van der Waals surface area contributed by atoms with E-state index >= 15 is 0 Å². The van der Waals surface area contributed by atoms with Gasteiger partial charge in [0.1, 0.15) is 11.6 Å². The minimum atomic E-state index is 0.273. The van der Waals surface area contributed by atoms with Crippen LogP contribution < -0.4 is 5.73 Å². The van der Waals surface area contributed by atoms with Crippen LogP contribution in [0.1, 0.15) is 31.9 Å². The van der Waals surface area contributed by atoms with E-state index in [4.69, 9.17) is 5.73 Å². The highest BCUT2D eigenvalue weighted by Gasteiger charge is 2.24. The number of aromatic nitrogens is 3. The molecular weight excluding hydrogens is 176 g/mol. The lowest BCUT2D eigenvalue weighted by molar-refractivity contribution is 0.317. The van der Waals surface area contributed by atoms with Gasteiger partial charge in [0, 0.05) is 25.4 Å². The first kappa shape index (κ1) is 9.65. The molecule has 0 spiro atoms. The summed E-state index contributed by atoms with van der Waals surface area (Å²) < 4.78 is 2.25. The van der Waals surface area contributed by atoms with Gasteiger partial charge in [0.2, 0.25) is 0 Å². The van der Waals surface area contributed by atoms with E-state index in [-0.39, 0.29) is 6.04 Å². The Morgan fingerprint density at radius 1 is 1.57 bits per heavy atom. The normalized spacial score (nSPS) is 23.2. The second-order valence-corrected chi connectivity index (χ2v) is 4.15. The topological polar surface area (TPSA) is 56.7 Å². The Bertz CT molecular complexity index is 302. The Hall–Kier alpha value is -0.900. The van der Waals surface area contributed by atoms with Gasteiger partial charge in [-0.3, -0.25) is 0 Å². The van der Waals surface area contributed by atoms with Crippen LogP contribution in [0.3, 0.4) is 0 Å². The molecule has 4 heteroatoms. The molecule has 1 aliphatic rings. The standard InChI is InChI=1S/C10H18N4/c1-3-9-12-13-10-5-4-8(7(2)11)6-14(9)10/h7-8H,3-6,11H2,1-2H3. The average molecular weight is 194 g/mol.